The molecule has 0 saturated carbocycles. The molecule has 1 aromatic rings. The Bertz CT molecular complexity index is 726. The van der Waals surface area contributed by atoms with Crippen LogP contribution in [0.15, 0.2) is 29.4 Å². The summed E-state index contributed by atoms with van der Waals surface area (Å²) < 4.78 is 13.7. The first kappa shape index (κ1) is 17.1. The van der Waals surface area contributed by atoms with Crippen molar-refractivity contribution in [2.75, 3.05) is 26.2 Å². The van der Waals surface area contributed by atoms with Gasteiger partial charge in [0.25, 0.3) is 5.91 Å². The molecule has 0 radical (unpaired) electrons. The molecule has 0 aliphatic carbocycles. The lowest BCUT2D eigenvalue weighted by Gasteiger charge is -2.35. The van der Waals surface area contributed by atoms with Gasteiger partial charge in [-0.1, -0.05) is 18.2 Å². The Labute approximate surface area is 144 Å². The molecule has 25 heavy (non-hydrogen) atoms. The Morgan fingerprint density at radius 1 is 1.08 bits per heavy atom. The minimum atomic E-state index is -0.387. The van der Waals surface area contributed by atoms with E-state index in [2.05, 4.69) is 10.5 Å². The zero-order valence-corrected chi connectivity index (χ0v) is 13.7. The Morgan fingerprint density at radius 2 is 1.76 bits per heavy atom. The first-order valence-corrected chi connectivity index (χ1v) is 8.20. The number of halogens is 1. The van der Waals surface area contributed by atoms with Crippen molar-refractivity contribution in [1.29, 1.82) is 0 Å². The molecule has 1 aromatic carbocycles. The van der Waals surface area contributed by atoms with Gasteiger partial charge < -0.3 is 9.80 Å². The molecule has 0 bridgehead atoms. The molecule has 2 aliphatic heterocycles. The summed E-state index contributed by atoms with van der Waals surface area (Å²) in [6.07, 6.45) is 0.599. The van der Waals surface area contributed by atoms with Crippen molar-refractivity contribution in [3.63, 3.8) is 0 Å². The highest BCUT2D eigenvalue weighted by molar-refractivity contribution is 6.39. The molecule has 1 saturated heterocycles. The number of amides is 3. The van der Waals surface area contributed by atoms with Gasteiger partial charge in [-0.3, -0.25) is 14.4 Å². The molecule has 2 heterocycles. The van der Waals surface area contributed by atoms with E-state index in [1.54, 1.807) is 28.0 Å². The molecule has 0 atom stereocenters. The van der Waals surface area contributed by atoms with Crippen LogP contribution in [0.2, 0.25) is 0 Å². The standard InChI is InChI=1S/C17H19FN4O3/c18-13-4-2-1-3-12(13)11-16(24)21-7-9-22(10-8-21)17(25)14-5-6-15(23)20-19-14/h1-4H,5-11H2,(H,20,23). The van der Waals surface area contributed by atoms with Crippen LogP contribution in [0.5, 0.6) is 0 Å². The molecular weight excluding hydrogens is 327 g/mol. The van der Waals surface area contributed by atoms with Gasteiger partial charge in [0.1, 0.15) is 11.5 Å². The van der Waals surface area contributed by atoms with E-state index in [1.165, 1.54) is 6.07 Å². The fraction of sp³-hybridized carbons (Fsp3) is 0.412. The lowest BCUT2D eigenvalue weighted by atomic mass is 10.1. The zero-order valence-electron chi connectivity index (χ0n) is 13.7. The van der Waals surface area contributed by atoms with Crippen LogP contribution in [-0.4, -0.2) is 59.4 Å². The van der Waals surface area contributed by atoms with Crippen LogP contribution < -0.4 is 5.43 Å². The number of carbonyl (C=O) groups is 3. The van der Waals surface area contributed by atoms with Crippen LogP contribution in [0.25, 0.3) is 0 Å². The highest BCUT2D eigenvalue weighted by Gasteiger charge is 2.28. The summed E-state index contributed by atoms with van der Waals surface area (Å²) in [7, 11) is 0. The largest absolute Gasteiger partial charge is 0.339 e. The summed E-state index contributed by atoms with van der Waals surface area (Å²) in [5, 5.41) is 3.81. The predicted octanol–water partition coefficient (Wildman–Crippen LogP) is 0.305. The van der Waals surface area contributed by atoms with E-state index < -0.39 is 0 Å². The molecule has 0 aromatic heterocycles. The van der Waals surface area contributed by atoms with Crippen molar-refractivity contribution in [1.82, 2.24) is 15.2 Å². The van der Waals surface area contributed by atoms with Crippen LogP contribution in [0.1, 0.15) is 18.4 Å². The fourth-order valence-electron chi connectivity index (χ4n) is 2.89. The molecular formula is C17H19FN4O3. The van der Waals surface area contributed by atoms with Gasteiger partial charge in [0, 0.05) is 39.0 Å². The third kappa shape index (κ3) is 4.01. The number of hydrogen-bond donors (Lipinski definition) is 1. The lowest BCUT2D eigenvalue weighted by Crippen LogP contribution is -2.53. The summed E-state index contributed by atoms with van der Waals surface area (Å²) in [6.45, 7) is 1.60. The maximum absolute atomic E-state index is 13.7. The van der Waals surface area contributed by atoms with Gasteiger partial charge in [0.05, 0.1) is 6.42 Å². The minimum absolute atomic E-state index is 0.0133. The second-order valence-electron chi connectivity index (χ2n) is 6.03. The number of nitrogens with one attached hydrogen (secondary N) is 1. The predicted molar refractivity (Wildman–Crippen MR) is 88.1 cm³/mol. The van der Waals surface area contributed by atoms with Gasteiger partial charge in [-0.25, -0.2) is 9.82 Å². The van der Waals surface area contributed by atoms with Gasteiger partial charge in [0.2, 0.25) is 11.8 Å². The third-order valence-electron chi connectivity index (χ3n) is 4.37. The van der Waals surface area contributed by atoms with Crippen molar-refractivity contribution in [2.45, 2.75) is 19.3 Å². The van der Waals surface area contributed by atoms with Crippen molar-refractivity contribution in [2.24, 2.45) is 5.10 Å². The summed E-state index contributed by atoms with van der Waals surface area (Å²) in [4.78, 5) is 39.0. The van der Waals surface area contributed by atoms with E-state index >= 15 is 0 Å². The van der Waals surface area contributed by atoms with E-state index in [1.807, 2.05) is 0 Å². The monoisotopic (exact) mass is 346 g/mol. The number of carbonyl (C=O) groups excluding carboxylic acids is 3. The maximum Gasteiger partial charge on any atom is 0.270 e. The molecule has 3 amide bonds. The lowest BCUT2D eigenvalue weighted by molar-refractivity contribution is -0.136. The summed E-state index contributed by atoms with van der Waals surface area (Å²) in [5.41, 5.74) is 3.03. The Morgan fingerprint density at radius 3 is 2.40 bits per heavy atom. The van der Waals surface area contributed by atoms with Gasteiger partial charge in [-0.2, -0.15) is 5.10 Å². The van der Waals surface area contributed by atoms with Gasteiger partial charge in [0.15, 0.2) is 0 Å². The van der Waals surface area contributed by atoms with Gasteiger partial charge in [-0.05, 0) is 11.6 Å². The molecule has 3 rings (SSSR count). The van der Waals surface area contributed by atoms with Crippen molar-refractivity contribution >= 4 is 23.4 Å². The number of benzene rings is 1. The molecule has 2 aliphatic rings. The highest BCUT2D eigenvalue weighted by Crippen LogP contribution is 2.12. The minimum Gasteiger partial charge on any atom is -0.339 e. The molecule has 132 valence electrons. The first-order chi connectivity index (χ1) is 12.0. The average molecular weight is 346 g/mol. The van der Waals surface area contributed by atoms with Crippen LogP contribution in [0.3, 0.4) is 0 Å². The molecule has 1 fully saturated rings. The van der Waals surface area contributed by atoms with E-state index in [4.69, 9.17) is 0 Å². The number of hydrazone groups is 1. The zero-order chi connectivity index (χ0) is 17.8. The average Bonchev–Trinajstić information content (AvgIpc) is 2.64. The van der Waals surface area contributed by atoms with E-state index in [0.29, 0.717) is 43.9 Å². The second kappa shape index (κ2) is 7.42. The fourth-order valence-corrected chi connectivity index (χ4v) is 2.89. The van der Waals surface area contributed by atoms with Gasteiger partial charge in [-0.15, -0.1) is 0 Å². The topological polar surface area (TPSA) is 82.1 Å². The van der Waals surface area contributed by atoms with E-state index in [-0.39, 0.29) is 36.4 Å². The SMILES string of the molecule is O=C1CCC(C(=O)N2CCN(C(=O)Cc3ccccc3F)CC2)=NN1. The van der Waals surface area contributed by atoms with Crippen molar-refractivity contribution < 1.29 is 18.8 Å². The van der Waals surface area contributed by atoms with Crippen LogP contribution in [0, 0.1) is 5.82 Å². The highest BCUT2D eigenvalue weighted by atomic mass is 19.1. The summed E-state index contributed by atoms with van der Waals surface area (Å²) in [6, 6.07) is 6.22. The Balaban J connectivity index is 1.53. The number of hydrogen-bond acceptors (Lipinski definition) is 4. The number of piperazine rings is 1. The molecule has 8 heteroatoms. The van der Waals surface area contributed by atoms with E-state index in [0.717, 1.165) is 0 Å². The van der Waals surface area contributed by atoms with Crippen molar-refractivity contribution in [3.8, 4) is 0 Å². The first-order valence-electron chi connectivity index (χ1n) is 8.20. The number of nitrogens with zero attached hydrogens (tertiary/aromatic N) is 3. The molecule has 1 N–H and O–H groups in total. The van der Waals surface area contributed by atoms with Crippen molar-refractivity contribution in [3.05, 3.63) is 35.6 Å². The quantitative estimate of drug-likeness (QED) is 0.855. The summed E-state index contributed by atoms with van der Waals surface area (Å²) in [5.74, 6) is -0.942. The van der Waals surface area contributed by atoms with Gasteiger partial charge >= 0.3 is 0 Å². The normalized spacial score (nSPS) is 17.8. The van der Waals surface area contributed by atoms with E-state index in [9.17, 15) is 18.8 Å². The van der Waals surface area contributed by atoms with Crippen LogP contribution >= 0.6 is 0 Å². The molecule has 7 nitrogen and oxygen atoms in total. The Kier molecular flexibility index (Phi) is 5.06. The summed E-state index contributed by atoms with van der Waals surface area (Å²) >= 11 is 0. The van der Waals surface area contributed by atoms with Crippen LogP contribution in [-0.2, 0) is 20.8 Å². The van der Waals surface area contributed by atoms with Crippen LogP contribution in [0.4, 0.5) is 4.39 Å². The third-order valence-corrected chi connectivity index (χ3v) is 4.37. The molecule has 0 unspecified atom stereocenters. The Hall–Kier alpha value is -2.77. The molecule has 0 spiro atoms. The maximum atomic E-state index is 13.7. The smallest absolute Gasteiger partial charge is 0.270 e. The number of rotatable bonds is 3. The second-order valence-corrected chi connectivity index (χ2v) is 6.03.